The number of likely N-dealkylation sites (N-methyl/N-ethyl adjacent to an activating group) is 7. The number of nitrogens with one attached hydrogen (secondary N) is 3. The third-order valence-electron chi connectivity index (χ3n) is 22.6. The lowest BCUT2D eigenvalue weighted by Gasteiger charge is -2.42. The molecule has 0 radical (unpaired) electrons. The highest BCUT2D eigenvalue weighted by atomic mass is 35.5. The maximum absolute atomic E-state index is 15.4. The van der Waals surface area contributed by atoms with Gasteiger partial charge >= 0.3 is 6.18 Å². The molecule has 0 aromatic heterocycles. The number of halogens is 4. The second-order valence-electron chi connectivity index (χ2n) is 30.7. The van der Waals surface area contributed by atoms with Crippen LogP contribution in [0.2, 0.25) is 0 Å². The fourth-order valence-corrected chi connectivity index (χ4v) is 17.1. The van der Waals surface area contributed by atoms with E-state index in [1.54, 1.807) is 18.7 Å². The van der Waals surface area contributed by atoms with Gasteiger partial charge in [0.1, 0.15) is 47.8 Å². The first-order chi connectivity index (χ1) is 46.7. The Labute approximate surface area is 588 Å². The highest BCUT2D eigenvalue weighted by Gasteiger charge is 2.52. The number of hydrogen-bond acceptors (Lipinski definition) is 12. The Morgan fingerprint density at radius 2 is 1.16 bits per heavy atom. The Hall–Kier alpha value is -6.28. The van der Waals surface area contributed by atoms with Crippen LogP contribution in [-0.4, -0.2) is 263 Å². The molecule has 28 heteroatoms. The summed E-state index contributed by atoms with van der Waals surface area (Å²) < 4.78 is 42.0. The zero-order valence-electron chi connectivity index (χ0n) is 60.6. The molecule has 10 atom stereocenters. The van der Waals surface area contributed by atoms with E-state index in [0.29, 0.717) is 58.0 Å². The van der Waals surface area contributed by atoms with Crippen LogP contribution in [0.1, 0.15) is 195 Å². The summed E-state index contributed by atoms with van der Waals surface area (Å²) in [5, 5.41) is 7.65. The van der Waals surface area contributed by atoms with E-state index in [-0.39, 0.29) is 94.4 Å². The quantitative estimate of drug-likeness (QED) is 0.222. The summed E-state index contributed by atoms with van der Waals surface area (Å²) in [6, 6.07) is -8.52. The van der Waals surface area contributed by atoms with Crippen molar-refractivity contribution in [3.05, 3.63) is 0 Å². The zero-order chi connectivity index (χ0) is 73.0. The van der Waals surface area contributed by atoms with Gasteiger partial charge in [0.05, 0.1) is 32.0 Å². The first kappa shape index (κ1) is 80.0. The summed E-state index contributed by atoms with van der Waals surface area (Å²) in [5.74, 6) is -10.6. The Bertz CT molecular complexity index is 2880. The predicted molar refractivity (Wildman–Crippen MR) is 365 cm³/mol. The molecule has 7 fully saturated rings. The molecule has 3 N–H and O–H groups in total. The van der Waals surface area contributed by atoms with E-state index < -0.39 is 168 Å². The van der Waals surface area contributed by atoms with Crippen molar-refractivity contribution in [3.63, 3.8) is 0 Å². The van der Waals surface area contributed by atoms with Crippen LogP contribution in [0.5, 0.6) is 0 Å². The maximum Gasteiger partial charge on any atom is 0.393 e. The summed E-state index contributed by atoms with van der Waals surface area (Å²) in [6.07, 6.45) is 6.70. The van der Waals surface area contributed by atoms with Gasteiger partial charge in [0, 0.05) is 74.3 Å². The second-order valence-corrected chi connectivity index (χ2v) is 31.3. The number of amides is 12. The van der Waals surface area contributed by atoms with Crippen LogP contribution in [0.15, 0.2) is 0 Å². The molecular formula is C71H114ClF3N12O12. The monoisotopic (exact) mass is 1420 g/mol. The van der Waals surface area contributed by atoms with Crippen LogP contribution in [-0.2, 0) is 57.5 Å². The van der Waals surface area contributed by atoms with E-state index in [1.807, 2.05) is 13.8 Å². The van der Waals surface area contributed by atoms with Crippen molar-refractivity contribution in [1.29, 1.82) is 0 Å². The Morgan fingerprint density at radius 1 is 0.566 bits per heavy atom. The summed E-state index contributed by atoms with van der Waals surface area (Å²) in [5.41, 5.74) is -1.56. The lowest BCUT2D eigenvalue weighted by Crippen LogP contribution is -2.65. The number of fused-ring (bicyclic) bond motifs is 1. The first-order valence-electron chi connectivity index (χ1n) is 36.7. The molecule has 3 heterocycles. The molecule has 7 aliphatic rings. The van der Waals surface area contributed by atoms with Gasteiger partial charge in [0.15, 0.2) is 0 Å². The molecule has 24 nitrogen and oxygen atoms in total. The molecule has 4 aliphatic carbocycles. The summed E-state index contributed by atoms with van der Waals surface area (Å²) in [4.78, 5) is 190. The molecular weight excluding hydrogens is 1310 g/mol. The molecule has 0 aromatic rings. The van der Waals surface area contributed by atoms with Crippen molar-refractivity contribution in [2.75, 3.05) is 88.6 Å². The first-order valence-corrected chi connectivity index (χ1v) is 37.1. The molecule has 12 amide bonds. The van der Waals surface area contributed by atoms with Gasteiger partial charge in [-0.1, -0.05) is 85.5 Å². The number of carbonyl (C=O) groups is 12. The highest BCUT2D eigenvalue weighted by Crippen LogP contribution is 2.44. The standard InChI is InChI=1S/C71H114ClF3N12O12/c1-44(2)37-53-62(92)77-60(48-25-16-17-26-48)67(97)81(7)42-58(90)79(5)43-59(91)83(9)54(39-46-23-14-12-15-24-46)65(95)80(6)41-56(88)76-51(31-29-47-28-30-49(50(72)38-47)71(73,74)75)64(94)87-36-22-27-52(87)63(93)78-70(32-18-19-33-70)69(99)85(11)61(45(3)4)68(98)84(10)55(40-57(89)82(53)8)66(96)86-34-20-13-21-35-86/h44-55,60-61H,12-43H2,1-11H3,(H,76,88)(H,77,92)(H,78,93)/t47?,49?,50?,51-,52-,53-,54-,55-,60-,61-/m0/s1. The SMILES string of the molecule is CC(C)C[C@H]1C(=O)N[C@@H](C2CCCC2)C(=O)N(C)CC(=O)N(C)CC(=O)N(C)[C@@H](CC2CCCCC2)C(=O)N(C)CC(=O)N[C@@H](CCC2CCC(C(F)(F)F)C(Cl)C2)C(=O)N2CCC[C@H]2C(=O)NC2(CCCC2)C(=O)N(C)[C@@H](C(C)C)C(=O)N(C)[C@H](C(=O)N2CCCCC2)CC(=O)N1C. The number of alkyl halides is 4. The van der Waals surface area contributed by atoms with Gasteiger partial charge in [-0.25, -0.2) is 0 Å². The summed E-state index contributed by atoms with van der Waals surface area (Å²) in [7, 11) is 10.0. The average molecular weight is 1420 g/mol. The van der Waals surface area contributed by atoms with Crippen molar-refractivity contribution in [3.8, 4) is 0 Å². The zero-order valence-corrected chi connectivity index (χ0v) is 61.4. The van der Waals surface area contributed by atoms with Crippen LogP contribution >= 0.6 is 11.6 Å². The molecule has 3 saturated heterocycles. The van der Waals surface area contributed by atoms with E-state index in [9.17, 15) is 46.7 Å². The number of carbonyl (C=O) groups excluding carboxylic acids is 12. The lowest BCUT2D eigenvalue weighted by molar-refractivity contribution is -0.182. The van der Waals surface area contributed by atoms with E-state index >= 15 is 24.0 Å². The van der Waals surface area contributed by atoms with Gasteiger partial charge in [0.25, 0.3) is 0 Å². The largest absolute Gasteiger partial charge is 0.393 e. The molecule has 558 valence electrons. The van der Waals surface area contributed by atoms with E-state index in [1.165, 1.54) is 78.7 Å². The molecule has 0 bridgehead atoms. The van der Waals surface area contributed by atoms with E-state index in [0.717, 1.165) is 61.2 Å². The van der Waals surface area contributed by atoms with Gasteiger partial charge in [-0.15, -0.1) is 11.6 Å². The van der Waals surface area contributed by atoms with Crippen molar-refractivity contribution < 1.29 is 70.7 Å². The fraction of sp³-hybridized carbons (Fsp3) is 0.831. The highest BCUT2D eigenvalue weighted by molar-refractivity contribution is 6.21. The Morgan fingerprint density at radius 3 is 1.77 bits per heavy atom. The minimum absolute atomic E-state index is 0.00119. The minimum Gasteiger partial charge on any atom is -0.343 e. The Kier molecular flexibility index (Phi) is 28.7. The molecule has 3 aliphatic heterocycles. The number of hydrogen-bond donors (Lipinski definition) is 3. The normalized spacial score (nSPS) is 29.9. The second kappa shape index (κ2) is 35.5. The van der Waals surface area contributed by atoms with E-state index in [4.69, 9.17) is 11.6 Å². The molecule has 4 saturated carbocycles. The van der Waals surface area contributed by atoms with Crippen LogP contribution in [0.3, 0.4) is 0 Å². The topological polar surface area (TPSA) is 270 Å². The number of piperidine rings is 1. The number of nitrogens with zero attached hydrogens (tertiary/aromatic N) is 9. The maximum atomic E-state index is 15.4. The van der Waals surface area contributed by atoms with E-state index in [2.05, 4.69) is 16.0 Å². The van der Waals surface area contributed by atoms with Crippen molar-refractivity contribution >= 4 is 82.5 Å². The number of rotatable bonds is 10. The van der Waals surface area contributed by atoms with Gasteiger partial charge in [0.2, 0.25) is 70.9 Å². The molecule has 7 rings (SSSR count). The Balaban J connectivity index is 1.26. The lowest BCUT2D eigenvalue weighted by atomic mass is 9.78. The third-order valence-corrected chi connectivity index (χ3v) is 23.1. The van der Waals surface area contributed by atoms with Gasteiger partial charge in [-0.2, -0.15) is 13.2 Å². The average Bonchev–Trinajstić information content (AvgIpc) is 1.75. The molecule has 3 unspecified atom stereocenters. The summed E-state index contributed by atoms with van der Waals surface area (Å²) in [6.45, 7) is 6.48. The van der Waals surface area contributed by atoms with Crippen LogP contribution in [0, 0.1) is 35.5 Å². The third kappa shape index (κ3) is 20.3. The smallest absolute Gasteiger partial charge is 0.343 e. The van der Waals surface area contributed by atoms with Gasteiger partial charge in [-0.3, -0.25) is 57.5 Å². The van der Waals surface area contributed by atoms with Crippen LogP contribution in [0.25, 0.3) is 0 Å². The minimum atomic E-state index is -4.51. The van der Waals surface area contributed by atoms with Crippen molar-refractivity contribution in [1.82, 2.24) is 60.0 Å². The van der Waals surface area contributed by atoms with Crippen molar-refractivity contribution in [2.24, 2.45) is 35.5 Å². The molecule has 0 aromatic carbocycles. The number of likely N-dealkylation sites (tertiary alicyclic amines) is 1. The van der Waals surface area contributed by atoms with Gasteiger partial charge < -0.3 is 60.0 Å². The predicted octanol–water partition coefficient (Wildman–Crippen LogP) is 5.70. The summed E-state index contributed by atoms with van der Waals surface area (Å²) >= 11 is 6.39. The fourth-order valence-electron chi connectivity index (χ4n) is 16.6. The van der Waals surface area contributed by atoms with Crippen LogP contribution in [0.4, 0.5) is 13.2 Å². The van der Waals surface area contributed by atoms with Crippen molar-refractivity contribution in [2.45, 2.75) is 254 Å². The molecule has 99 heavy (non-hydrogen) atoms. The molecule has 1 spiro atoms. The van der Waals surface area contributed by atoms with Gasteiger partial charge in [-0.05, 0) is 132 Å². The van der Waals surface area contributed by atoms with Crippen LogP contribution < -0.4 is 16.0 Å².